The predicted molar refractivity (Wildman–Crippen MR) is 132 cm³/mol. The number of aryl methyl sites for hydroxylation is 1. The maximum atomic E-state index is 13.4. The fourth-order valence-electron chi connectivity index (χ4n) is 4.65. The molecule has 1 fully saturated rings. The van der Waals surface area contributed by atoms with Gasteiger partial charge in [0.1, 0.15) is 5.70 Å². The molecule has 0 bridgehead atoms. The highest BCUT2D eigenvalue weighted by Crippen LogP contribution is 2.35. The second-order valence-electron chi connectivity index (χ2n) is 8.72. The van der Waals surface area contributed by atoms with Gasteiger partial charge in [-0.3, -0.25) is 14.5 Å². The molecule has 0 radical (unpaired) electrons. The quantitative estimate of drug-likeness (QED) is 0.425. The summed E-state index contributed by atoms with van der Waals surface area (Å²) >= 11 is 1.53. The van der Waals surface area contributed by atoms with Crippen LogP contribution in [0, 0.1) is 13.8 Å². The van der Waals surface area contributed by atoms with Crippen LogP contribution in [0.5, 0.6) is 0 Å². The molecule has 0 aliphatic carbocycles. The van der Waals surface area contributed by atoms with Gasteiger partial charge in [0.2, 0.25) is 0 Å². The first kappa shape index (κ1) is 22.6. The molecule has 1 aromatic carbocycles. The molecule has 5 nitrogen and oxygen atoms in total. The fourth-order valence-corrected chi connectivity index (χ4v) is 5.41. The molecular weight excluding hydrogens is 418 g/mol. The standard InChI is InChI=1S/C26H33N3O2S/c1-4-5-6-7-13-29-25(30)23(22-12-9-18-32-22)24(26(29)31)28-16-14-27(15-17-28)21-11-8-10-19(2)20(21)3/h8-12,18H,4-7,13-17H2,1-3H3. The molecule has 0 saturated carbocycles. The predicted octanol–water partition coefficient (Wildman–Crippen LogP) is 4.85. The highest BCUT2D eigenvalue weighted by atomic mass is 32.1. The van der Waals surface area contributed by atoms with Crippen LogP contribution in [0.3, 0.4) is 0 Å². The van der Waals surface area contributed by atoms with Crippen LogP contribution in [0.2, 0.25) is 0 Å². The molecule has 32 heavy (non-hydrogen) atoms. The molecule has 1 aromatic heterocycles. The SMILES string of the molecule is CCCCCCN1C(=O)C(c2cccs2)=C(N2CCN(c3cccc(C)c3C)CC2)C1=O. The minimum Gasteiger partial charge on any atom is -0.368 e. The number of carbonyl (C=O) groups excluding carboxylic acids is 2. The lowest BCUT2D eigenvalue weighted by molar-refractivity contribution is -0.137. The van der Waals surface area contributed by atoms with Crippen LogP contribution >= 0.6 is 11.3 Å². The van der Waals surface area contributed by atoms with Gasteiger partial charge in [0.05, 0.1) is 5.57 Å². The Morgan fingerprint density at radius 3 is 2.31 bits per heavy atom. The molecule has 0 spiro atoms. The van der Waals surface area contributed by atoms with Crippen molar-refractivity contribution in [3.63, 3.8) is 0 Å². The third-order valence-corrected chi connectivity index (χ3v) is 7.55. The number of thiophene rings is 1. The van der Waals surface area contributed by atoms with Gasteiger partial charge in [-0.1, -0.05) is 44.4 Å². The van der Waals surface area contributed by atoms with E-state index in [1.165, 1.54) is 33.1 Å². The molecule has 1 saturated heterocycles. The van der Waals surface area contributed by atoms with Gasteiger partial charge in [-0.05, 0) is 48.9 Å². The number of carbonyl (C=O) groups is 2. The van der Waals surface area contributed by atoms with Crippen molar-refractivity contribution in [1.82, 2.24) is 9.80 Å². The summed E-state index contributed by atoms with van der Waals surface area (Å²) in [7, 11) is 0. The maximum Gasteiger partial charge on any atom is 0.277 e. The van der Waals surface area contributed by atoms with Crippen molar-refractivity contribution < 1.29 is 9.59 Å². The highest BCUT2D eigenvalue weighted by Gasteiger charge is 2.42. The lowest BCUT2D eigenvalue weighted by Gasteiger charge is -2.38. The Hall–Kier alpha value is -2.60. The van der Waals surface area contributed by atoms with E-state index >= 15 is 0 Å². The lowest BCUT2D eigenvalue weighted by atomic mass is 10.1. The van der Waals surface area contributed by atoms with Crippen LogP contribution in [0.4, 0.5) is 5.69 Å². The normalized spacial score (nSPS) is 17.2. The topological polar surface area (TPSA) is 43.9 Å². The van der Waals surface area contributed by atoms with E-state index in [0.717, 1.165) is 56.7 Å². The molecule has 2 aliphatic heterocycles. The minimum atomic E-state index is -0.124. The average molecular weight is 452 g/mol. The monoisotopic (exact) mass is 451 g/mol. The number of rotatable bonds is 8. The zero-order chi connectivity index (χ0) is 22.7. The summed E-state index contributed by atoms with van der Waals surface area (Å²) in [6.45, 7) is 10.1. The molecule has 3 heterocycles. The molecular formula is C26H33N3O2S. The van der Waals surface area contributed by atoms with E-state index in [2.05, 4.69) is 48.8 Å². The average Bonchev–Trinajstić information content (AvgIpc) is 3.40. The van der Waals surface area contributed by atoms with Gasteiger partial charge >= 0.3 is 0 Å². The first-order valence-electron chi connectivity index (χ1n) is 11.7. The maximum absolute atomic E-state index is 13.4. The Kier molecular flexibility index (Phi) is 6.99. The van der Waals surface area contributed by atoms with Crippen molar-refractivity contribution >= 4 is 34.4 Å². The second-order valence-corrected chi connectivity index (χ2v) is 9.66. The Labute approximate surface area is 195 Å². The van der Waals surface area contributed by atoms with Gasteiger partial charge in [0, 0.05) is 43.3 Å². The van der Waals surface area contributed by atoms with Crippen molar-refractivity contribution in [2.45, 2.75) is 46.5 Å². The molecule has 6 heteroatoms. The molecule has 0 unspecified atom stereocenters. The van der Waals surface area contributed by atoms with Gasteiger partial charge in [-0.25, -0.2) is 0 Å². The van der Waals surface area contributed by atoms with E-state index in [1.54, 1.807) is 0 Å². The van der Waals surface area contributed by atoms with Crippen LogP contribution in [-0.4, -0.2) is 54.3 Å². The number of imide groups is 1. The Bertz CT molecular complexity index is 1000. The van der Waals surface area contributed by atoms with Gasteiger partial charge in [-0.2, -0.15) is 0 Å². The van der Waals surface area contributed by atoms with E-state index in [-0.39, 0.29) is 11.8 Å². The van der Waals surface area contributed by atoms with Crippen molar-refractivity contribution in [1.29, 1.82) is 0 Å². The number of piperazine rings is 1. The Morgan fingerprint density at radius 2 is 1.62 bits per heavy atom. The van der Waals surface area contributed by atoms with Gasteiger partial charge in [0.25, 0.3) is 11.8 Å². The number of nitrogens with zero attached hydrogens (tertiary/aromatic N) is 3. The van der Waals surface area contributed by atoms with E-state index < -0.39 is 0 Å². The van der Waals surface area contributed by atoms with Crippen molar-refractivity contribution in [3.8, 4) is 0 Å². The van der Waals surface area contributed by atoms with E-state index in [1.807, 2.05) is 17.5 Å². The zero-order valence-corrected chi connectivity index (χ0v) is 20.2. The Balaban J connectivity index is 1.54. The summed E-state index contributed by atoms with van der Waals surface area (Å²) in [6.07, 6.45) is 4.19. The van der Waals surface area contributed by atoms with E-state index in [4.69, 9.17) is 0 Å². The smallest absolute Gasteiger partial charge is 0.277 e. The first-order chi connectivity index (χ1) is 15.5. The second kappa shape index (κ2) is 9.90. The molecule has 170 valence electrons. The molecule has 0 N–H and O–H groups in total. The fraction of sp³-hybridized carbons (Fsp3) is 0.462. The largest absolute Gasteiger partial charge is 0.368 e. The Morgan fingerprint density at radius 1 is 0.875 bits per heavy atom. The summed E-state index contributed by atoms with van der Waals surface area (Å²) in [5.41, 5.74) is 5.07. The van der Waals surface area contributed by atoms with Crippen molar-refractivity contribution in [3.05, 3.63) is 57.4 Å². The summed E-state index contributed by atoms with van der Waals surface area (Å²) in [5, 5.41) is 1.97. The van der Waals surface area contributed by atoms with Crippen LogP contribution < -0.4 is 4.90 Å². The first-order valence-corrected chi connectivity index (χ1v) is 12.6. The van der Waals surface area contributed by atoms with E-state index in [0.29, 0.717) is 17.8 Å². The summed E-state index contributed by atoms with van der Waals surface area (Å²) < 4.78 is 0. The summed E-state index contributed by atoms with van der Waals surface area (Å²) in [5.74, 6) is -0.240. The van der Waals surface area contributed by atoms with Crippen LogP contribution in [0.15, 0.2) is 41.4 Å². The van der Waals surface area contributed by atoms with Crippen molar-refractivity contribution in [2.75, 3.05) is 37.6 Å². The van der Waals surface area contributed by atoms with Crippen LogP contribution in [-0.2, 0) is 9.59 Å². The van der Waals surface area contributed by atoms with Crippen LogP contribution in [0.25, 0.3) is 5.57 Å². The molecule has 0 atom stereocenters. The van der Waals surface area contributed by atoms with E-state index in [9.17, 15) is 9.59 Å². The number of anilines is 1. The summed E-state index contributed by atoms with van der Waals surface area (Å²) in [4.78, 5) is 33.7. The van der Waals surface area contributed by atoms with Crippen molar-refractivity contribution in [2.24, 2.45) is 0 Å². The lowest BCUT2D eigenvalue weighted by Crippen LogP contribution is -2.48. The summed E-state index contributed by atoms with van der Waals surface area (Å²) in [6, 6.07) is 10.3. The zero-order valence-electron chi connectivity index (χ0n) is 19.4. The van der Waals surface area contributed by atoms with Gasteiger partial charge in [-0.15, -0.1) is 11.3 Å². The molecule has 2 aliphatic rings. The number of hydrogen-bond donors (Lipinski definition) is 0. The van der Waals surface area contributed by atoms with Gasteiger partial charge in [0.15, 0.2) is 0 Å². The number of unbranched alkanes of at least 4 members (excludes halogenated alkanes) is 3. The molecule has 2 amide bonds. The third kappa shape index (κ3) is 4.33. The van der Waals surface area contributed by atoms with Crippen LogP contribution in [0.1, 0.15) is 48.6 Å². The minimum absolute atomic E-state index is 0.116. The highest BCUT2D eigenvalue weighted by molar-refractivity contribution is 7.11. The number of benzene rings is 1. The van der Waals surface area contributed by atoms with Gasteiger partial charge < -0.3 is 9.80 Å². The number of amides is 2. The molecule has 2 aromatic rings. The third-order valence-electron chi connectivity index (χ3n) is 6.66. The molecule has 4 rings (SSSR count). The number of hydrogen-bond acceptors (Lipinski definition) is 5.